The van der Waals surface area contributed by atoms with Crippen LogP contribution in [-0.4, -0.2) is 25.5 Å². The minimum absolute atomic E-state index is 0.196. The van der Waals surface area contributed by atoms with Crippen molar-refractivity contribution in [1.29, 1.82) is 0 Å². The number of benzene rings is 3. The summed E-state index contributed by atoms with van der Waals surface area (Å²) in [6.07, 6.45) is -0.357. The van der Waals surface area contributed by atoms with Gasteiger partial charge in [0.2, 0.25) is 0 Å². The van der Waals surface area contributed by atoms with Crippen LogP contribution >= 0.6 is 0 Å². The molecule has 2 amide bonds. The third-order valence-corrected chi connectivity index (χ3v) is 4.77. The number of carbonyl (C=O) groups excluding carboxylic acids is 2. The quantitative estimate of drug-likeness (QED) is 0.463. The van der Waals surface area contributed by atoms with Crippen molar-refractivity contribution >= 4 is 11.8 Å². The van der Waals surface area contributed by atoms with Crippen LogP contribution in [0.4, 0.5) is 8.78 Å². The van der Waals surface area contributed by atoms with E-state index in [1.807, 2.05) is 6.92 Å². The fourth-order valence-corrected chi connectivity index (χ4v) is 3.11. The van der Waals surface area contributed by atoms with Crippen LogP contribution in [0.15, 0.2) is 66.7 Å². The number of methoxy groups -OCH3 is 1. The summed E-state index contributed by atoms with van der Waals surface area (Å²) in [7, 11) is 1.49. The van der Waals surface area contributed by atoms with Crippen LogP contribution in [0, 0.1) is 11.6 Å². The van der Waals surface area contributed by atoms with Gasteiger partial charge in [0.05, 0.1) is 24.8 Å². The molecule has 0 spiro atoms. The molecule has 2 N–H and O–H groups in total. The summed E-state index contributed by atoms with van der Waals surface area (Å²) in [5.41, 5.74) is 0.0356. The van der Waals surface area contributed by atoms with Crippen molar-refractivity contribution in [2.45, 2.75) is 19.5 Å². The first-order chi connectivity index (χ1) is 15.9. The van der Waals surface area contributed by atoms with Gasteiger partial charge in [-0.1, -0.05) is 37.3 Å². The molecule has 0 aliphatic heterocycles. The Labute approximate surface area is 190 Å². The zero-order valence-corrected chi connectivity index (χ0v) is 18.2. The molecule has 3 aromatic rings. The van der Waals surface area contributed by atoms with Crippen LogP contribution in [0.25, 0.3) is 0 Å². The van der Waals surface area contributed by atoms with Crippen LogP contribution in [0.1, 0.15) is 45.8 Å². The summed E-state index contributed by atoms with van der Waals surface area (Å²) < 4.78 is 39.3. The first kappa shape index (κ1) is 23.7. The first-order valence-electron chi connectivity index (χ1n) is 10.4. The SMILES string of the molecule is CCCOc1cc(C(NC(=O)c2ccccc2F)NC(=O)c2ccccc2F)ccc1OC. The molecule has 172 valence electrons. The van der Waals surface area contributed by atoms with E-state index in [1.165, 1.54) is 43.5 Å². The predicted octanol–water partition coefficient (Wildman–Crippen LogP) is 4.62. The Morgan fingerprint density at radius 3 is 1.88 bits per heavy atom. The van der Waals surface area contributed by atoms with Crippen molar-refractivity contribution in [1.82, 2.24) is 10.6 Å². The molecule has 8 heteroatoms. The first-order valence-corrected chi connectivity index (χ1v) is 10.4. The summed E-state index contributed by atoms with van der Waals surface area (Å²) >= 11 is 0. The lowest BCUT2D eigenvalue weighted by Crippen LogP contribution is -2.41. The minimum atomic E-state index is -1.11. The maximum Gasteiger partial charge on any atom is 0.256 e. The van der Waals surface area contributed by atoms with Gasteiger partial charge in [-0.05, 0) is 48.4 Å². The standard InChI is InChI=1S/C25H24F2N2O4/c1-3-14-33-22-15-16(12-13-21(22)32-2)23(28-24(30)17-8-4-6-10-19(17)26)29-25(31)18-9-5-7-11-20(18)27/h4-13,15,23H,3,14H2,1-2H3,(H,28,30)(H,29,31). The maximum absolute atomic E-state index is 14.1. The van der Waals surface area contributed by atoms with Gasteiger partial charge in [-0.3, -0.25) is 9.59 Å². The van der Waals surface area contributed by atoms with Crippen molar-refractivity contribution in [3.63, 3.8) is 0 Å². The zero-order chi connectivity index (χ0) is 23.8. The fourth-order valence-electron chi connectivity index (χ4n) is 3.11. The highest BCUT2D eigenvalue weighted by Gasteiger charge is 2.23. The second kappa shape index (κ2) is 11.1. The lowest BCUT2D eigenvalue weighted by molar-refractivity contribution is 0.0879. The summed E-state index contributed by atoms with van der Waals surface area (Å²) in [4.78, 5) is 25.6. The summed E-state index contributed by atoms with van der Waals surface area (Å²) in [5, 5.41) is 5.20. The number of halogens is 2. The van der Waals surface area contributed by atoms with Crippen molar-refractivity contribution in [2.75, 3.05) is 13.7 Å². The van der Waals surface area contributed by atoms with Crippen LogP contribution in [0.5, 0.6) is 11.5 Å². The van der Waals surface area contributed by atoms with E-state index >= 15 is 0 Å². The molecule has 0 unspecified atom stereocenters. The zero-order valence-electron chi connectivity index (χ0n) is 18.2. The van der Waals surface area contributed by atoms with E-state index in [1.54, 1.807) is 18.2 Å². The van der Waals surface area contributed by atoms with E-state index in [4.69, 9.17) is 9.47 Å². The van der Waals surface area contributed by atoms with Crippen molar-refractivity contribution in [3.05, 3.63) is 95.1 Å². The molecular formula is C25H24F2N2O4. The third-order valence-electron chi connectivity index (χ3n) is 4.77. The van der Waals surface area contributed by atoms with E-state index in [0.29, 0.717) is 23.7 Å². The Kier molecular flexibility index (Phi) is 7.96. The van der Waals surface area contributed by atoms with Gasteiger partial charge in [-0.15, -0.1) is 0 Å². The number of ether oxygens (including phenoxy) is 2. The van der Waals surface area contributed by atoms with Gasteiger partial charge < -0.3 is 20.1 Å². The second-order valence-corrected chi connectivity index (χ2v) is 7.10. The van der Waals surface area contributed by atoms with E-state index in [-0.39, 0.29) is 11.1 Å². The number of rotatable bonds is 9. The smallest absolute Gasteiger partial charge is 0.256 e. The van der Waals surface area contributed by atoms with E-state index < -0.39 is 29.6 Å². The van der Waals surface area contributed by atoms with Crippen LogP contribution in [-0.2, 0) is 0 Å². The van der Waals surface area contributed by atoms with Gasteiger partial charge in [0.15, 0.2) is 11.5 Å². The second-order valence-electron chi connectivity index (χ2n) is 7.10. The van der Waals surface area contributed by atoms with E-state index in [0.717, 1.165) is 18.6 Å². The number of hydrogen-bond acceptors (Lipinski definition) is 4. The molecule has 33 heavy (non-hydrogen) atoms. The highest BCUT2D eigenvalue weighted by atomic mass is 19.1. The van der Waals surface area contributed by atoms with Crippen molar-refractivity contribution in [2.24, 2.45) is 0 Å². The van der Waals surface area contributed by atoms with Crippen LogP contribution < -0.4 is 20.1 Å². The Morgan fingerprint density at radius 1 is 0.848 bits per heavy atom. The van der Waals surface area contributed by atoms with Gasteiger partial charge in [0.25, 0.3) is 11.8 Å². The molecule has 0 bridgehead atoms. The molecule has 6 nitrogen and oxygen atoms in total. The molecule has 0 aliphatic carbocycles. The Morgan fingerprint density at radius 2 is 1.39 bits per heavy atom. The number of hydrogen-bond donors (Lipinski definition) is 2. The predicted molar refractivity (Wildman–Crippen MR) is 119 cm³/mol. The Balaban J connectivity index is 1.96. The molecule has 0 heterocycles. The molecule has 0 aliphatic rings. The minimum Gasteiger partial charge on any atom is -0.493 e. The molecule has 0 aromatic heterocycles. The number of amides is 2. The van der Waals surface area contributed by atoms with Gasteiger partial charge in [-0.25, -0.2) is 8.78 Å². The number of nitrogens with one attached hydrogen (secondary N) is 2. The molecule has 0 radical (unpaired) electrons. The molecule has 0 atom stereocenters. The Bertz CT molecular complexity index is 1080. The summed E-state index contributed by atoms with van der Waals surface area (Å²) in [5.74, 6) is -2.06. The third kappa shape index (κ3) is 5.85. The average Bonchev–Trinajstić information content (AvgIpc) is 2.82. The highest BCUT2D eigenvalue weighted by molar-refractivity contribution is 5.97. The molecule has 0 fully saturated rings. The number of carbonyl (C=O) groups is 2. The molecule has 0 saturated carbocycles. The van der Waals surface area contributed by atoms with E-state index in [9.17, 15) is 18.4 Å². The molecule has 0 saturated heterocycles. The van der Waals surface area contributed by atoms with Gasteiger partial charge in [-0.2, -0.15) is 0 Å². The molecular weight excluding hydrogens is 430 g/mol. The normalized spacial score (nSPS) is 10.6. The molecule has 3 aromatic carbocycles. The maximum atomic E-state index is 14.1. The molecule has 3 rings (SSSR count). The van der Waals surface area contributed by atoms with Gasteiger partial charge in [0, 0.05) is 0 Å². The largest absolute Gasteiger partial charge is 0.493 e. The average molecular weight is 454 g/mol. The topological polar surface area (TPSA) is 76.7 Å². The van der Waals surface area contributed by atoms with Crippen molar-refractivity contribution in [3.8, 4) is 11.5 Å². The van der Waals surface area contributed by atoms with E-state index in [2.05, 4.69) is 10.6 Å². The fraction of sp³-hybridized carbons (Fsp3) is 0.200. The van der Waals surface area contributed by atoms with Gasteiger partial charge in [0.1, 0.15) is 17.8 Å². The monoisotopic (exact) mass is 454 g/mol. The lowest BCUT2D eigenvalue weighted by atomic mass is 10.1. The highest BCUT2D eigenvalue weighted by Crippen LogP contribution is 2.30. The van der Waals surface area contributed by atoms with Crippen LogP contribution in [0.2, 0.25) is 0 Å². The summed E-state index contributed by atoms with van der Waals surface area (Å²) in [6, 6.07) is 15.8. The van der Waals surface area contributed by atoms with Crippen molar-refractivity contribution < 1.29 is 27.8 Å². The van der Waals surface area contributed by atoms with Gasteiger partial charge >= 0.3 is 0 Å². The lowest BCUT2D eigenvalue weighted by Gasteiger charge is -2.22. The van der Waals surface area contributed by atoms with Crippen LogP contribution in [0.3, 0.4) is 0 Å². The Hall–Kier alpha value is -3.94. The summed E-state index contributed by atoms with van der Waals surface area (Å²) in [6.45, 7) is 2.37.